The van der Waals surface area contributed by atoms with Gasteiger partial charge in [-0.25, -0.2) is 9.78 Å². The SMILES string of the molecule is Cc1cc2nc(C(N)=O)sc2c(-c2ccc3c4c(ccnc24)CCO3)c1[C@H](OC(C)(C)C)C(=O)O. The molecular weight excluding hydrogens is 466 g/mol. The average Bonchev–Trinajstić information content (AvgIpc) is 3.21. The first kappa shape index (κ1) is 23.2. The van der Waals surface area contributed by atoms with Crippen molar-refractivity contribution in [1.82, 2.24) is 9.97 Å². The fraction of sp³-hybridized carbons (Fsp3) is 0.308. The van der Waals surface area contributed by atoms with Crippen LogP contribution in [0.4, 0.5) is 0 Å². The molecule has 3 N–H and O–H groups in total. The monoisotopic (exact) mass is 491 g/mol. The van der Waals surface area contributed by atoms with E-state index in [1.165, 1.54) is 0 Å². The highest BCUT2D eigenvalue weighted by Crippen LogP contribution is 2.46. The Kier molecular flexibility index (Phi) is 5.49. The number of nitrogens with zero attached hydrogens (tertiary/aromatic N) is 2. The molecule has 0 bridgehead atoms. The Hall–Kier alpha value is -3.56. The van der Waals surface area contributed by atoms with Gasteiger partial charge in [0.05, 0.1) is 27.9 Å². The van der Waals surface area contributed by atoms with E-state index >= 15 is 0 Å². The van der Waals surface area contributed by atoms with Crippen molar-refractivity contribution in [2.45, 2.75) is 45.8 Å². The standard InChI is InChI=1S/C26H25N3O5S/c1-12-11-15-22(35-24(29-15)23(27)30)19(17(12)21(25(31)32)34-26(2,3)4)14-5-6-16-18-13(8-10-33-16)7-9-28-20(14)18/h5-7,9,11,21H,8,10H2,1-4H3,(H2,27,30)(H,31,32)/t21-/m0/s1. The number of ether oxygens (including phenoxy) is 2. The molecule has 0 spiro atoms. The summed E-state index contributed by atoms with van der Waals surface area (Å²) in [6.45, 7) is 7.86. The molecule has 5 rings (SSSR count). The van der Waals surface area contributed by atoms with E-state index < -0.39 is 23.6 Å². The van der Waals surface area contributed by atoms with Crippen LogP contribution in [0, 0.1) is 6.92 Å². The van der Waals surface area contributed by atoms with Crippen LogP contribution in [0.1, 0.15) is 53.4 Å². The predicted molar refractivity (Wildman–Crippen MR) is 134 cm³/mol. The summed E-state index contributed by atoms with van der Waals surface area (Å²) in [7, 11) is 0. The molecular formula is C26H25N3O5S. The Morgan fingerprint density at radius 2 is 2.03 bits per heavy atom. The molecule has 9 heteroatoms. The molecule has 180 valence electrons. The summed E-state index contributed by atoms with van der Waals surface area (Å²) in [5.74, 6) is -1.01. The highest BCUT2D eigenvalue weighted by atomic mass is 32.1. The maximum atomic E-state index is 12.5. The second-order valence-corrected chi connectivity index (χ2v) is 10.6. The number of carboxylic acid groups (broad SMARTS) is 1. The molecule has 1 aliphatic heterocycles. The number of benzene rings is 2. The van der Waals surface area contributed by atoms with Crippen molar-refractivity contribution in [3.05, 3.63) is 52.2 Å². The molecule has 4 aromatic rings. The summed E-state index contributed by atoms with van der Waals surface area (Å²) in [5, 5.41) is 11.3. The Morgan fingerprint density at radius 3 is 2.71 bits per heavy atom. The number of carbonyl (C=O) groups excluding carboxylic acids is 1. The van der Waals surface area contributed by atoms with Gasteiger partial charge in [0.1, 0.15) is 5.75 Å². The number of hydrogen-bond donors (Lipinski definition) is 2. The van der Waals surface area contributed by atoms with Gasteiger partial charge in [-0.1, -0.05) is 0 Å². The first-order valence-electron chi connectivity index (χ1n) is 11.2. The molecule has 1 aliphatic rings. The molecule has 0 saturated heterocycles. The summed E-state index contributed by atoms with van der Waals surface area (Å²) in [4.78, 5) is 33.6. The van der Waals surface area contributed by atoms with E-state index in [9.17, 15) is 14.7 Å². The van der Waals surface area contributed by atoms with Gasteiger partial charge in [-0.15, -0.1) is 11.3 Å². The van der Waals surface area contributed by atoms with Gasteiger partial charge in [0.25, 0.3) is 5.91 Å². The number of rotatable bonds is 5. The highest BCUT2D eigenvalue weighted by molar-refractivity contribution is 7.20. The number of aryl methyl sites for hydroxylation is 1. The number of nitrogens with two attached hydrogens (primary N) is 1. The molecule has 1 atom stereocenters. The zero-order valence-corrected chi connectivity index (χ0v) is 20.7. The molecule has 2 aromatic heterocycles. The molecule has 0 aliphatic carbocycles. The van der Waals surface area contributed by atoms with Crippen molar-refractivity contribution >= 4 is 44.3 Å². The smallest absolute Gasteiger partial charge is 0.337 e. The molecule has 8 nitrogen and oxygen atoms in total. The van der Waals surface area contributed by atoms with Crippen molar-refractivity contribution in [3.63, 3.8) is 0 Å². The lowest BCUT2D eigenvalue weighted by Gasteiger charge is -2.28. The molecule has 35 heavy (non-hydrogen) atoms. The molecule has 0 radical (unpaired) electrons. The number of carboxylic acids is 1. The number of amides is 1. The fourth-order valence-electron chi connectivity index (χ4n) is 4.61. The summed E-state index contributed by atoms with van der Waals surface area (Å²) in [6.07, 6.45) is 1.25. The number of carbonyl (C=O) groups is 2. The first-order chi connectivity index (χ1) is 16.5. The van der Waals surface area contributed by atoms with E-state index in [2.05, 4.69) is 9.97 Å². The summed E-state index contributed by atoms with van der Waals surface area (Å²) in [6, 6.07) is 7.53. The van der Waals surface area contributed by atoms with Crippen LogP contribution in [0.5, 0.6) is 5.75 Å². The lowest BCUT2D eigenvalue weighted by atomic mass is 9.89. The zero-order chi connectivity index (χ0) is 25.1. The van der Waals surface area contributed by atoms with Gasteiger partial charge in [-0.05, 0) is 63.1 Å². The predicted octanol–water partition coefficient (Wildman–Crippen LogP) is 4.79. The van der Waals surface area contributed by atoms with Crippen molar-refractivity contribution in [3.8, 4) is 16.9 Å². The number of primary amides is 1. The Bertz CT molecular complexity index is 1510. The number of fused-ring (bicyclic) bond motifs is 1. The van der Waals surface area contributed by atoms with Crippen LogP contribution in [0.15, 0.2) is 30.5 Å². The van der Waals surface area contributed by atoms with Crippen LogP contribution in [0.3, 0.4) is 0 Å². The lowest BCUT2D eigenvalue weighted by molar-refractivity contribution is -0.160. The van der Waals surface area contributed by atoms with Gasteiger partial charge in [-0.2, -0.15) is 0 Å². The molecule has 1 amide bonds. The minimum atomic E-state index is -1.25. The average molecular weight is 492 g/mol. The van der Waals surface area contributed by atoms with E-state index in [-0.39, 0.29) is 5.01 Å². The van der Waals surface area contributed by atoms with E-state index in [1.807, 2.05) is 45.9 Å². The third kappa shape index (κ3) is 4.00. The number of hydrogen-bond acceptors (Lipinski definition) is 7. The second kappa shape index (κ2) is 8.28. The molecule has 2 aromatic carbocycles. The van der Waals surface area contributed by atoms with Gasteiger partial charge in [-0.3, -0.25) is 9.78 Å². The second-order valence-electron chi connectivity index (χ2n) is 9.57. The number of thiazole rings is 1. The Balaban J connectivity index is 1.92. The van der Waals surface area contributed by atoms with Gasteiger partial charge in [0.2, 0.25) is 0 Å². The maximum Gasteiger partial charge on any atom is 0.337 e. The van der Waals surface area contributed by atoms with Crippen LogP contribution < -0.4 is 10.5 Å². The first-order valence-corrected chi connectivity index (χ1v) is 12.0. The van der Waals surface area contributed by atoms with Crippen LogP contribution in [-0.4, -0.2) is 39.2 Å². The van der Waals surface area contributed by atoms with Gasteiger partial charge in [0.15, 0.2) is 11.1 Å². The fourth-order valence-corrected chi connectivity index (χ4v) is 5.58. The Labute approximate surface area is 205 Å². The topological polar surface area (TPSA) is 125 Å². The van der Waals surface area contributed by atoms with E-state index in [0.717, 1.165) is 40.0 Å². The largest absolute Gasteiger partial charge is 0.493 e. The van der Waals surface area contributed by atoms with Gasteiger partial charge >= 0.3 is 5.97 Å². The highest BCUT2D eigenvalue weighted by Gasteiger charge is 2.33. The summed E-state index contributed by atoms with van der Waals surface area (Å²) in [5.41, 5.74) is 9.74. The maximum absolute atomic E-state index is 12.5. The number of pyridine rings is 1. The van der Waals surface area contributed by atoms with E-state index in [4.69, 9.17) is 15.2 Å². The van der Waals surface area contributed by atoms with Crippen molar-refractivity contribution in [2.24, 2.45) is 5.73 Å². The van der Waals surface area contributed by atoms with Crippen molar-refractivity contribution in [1.29, 1.82) is 0 Å². The molecule has 0 saturated carbocycles. The molecule has 0 unspecified atom stereocenters. The third-order valence-electron chi connectivity index (χ3n) is 5.93. The zero-order valence-electron chi connectivity index (χ0n) is 19.8. The van der Waals surface area contributed by atoms with Gasteiger partial charge < -0.3 is 20.3 Å². The normalized spacial score (nSPS) is 14.2. The van der Waals surface area contributed by atoms with Gasteiger partial charge in [0, 0.05) is 34.7 Å². The third-order valence-corrected chi connectivity index (χ3v) is 7.04. The van der Waals surface area contributed by atoms with Crippen LogP contribution >= 0.6 is 11.3 Å². The van der Waals surface area contributed by atoms with E-state index in [1.54, 1.807) is 12.3 Å². The van der Waals surface area contributed by atoms with Crippen LogP contribution in [0.2, 0.25) is 0 Å². The van der Waals surface area contributed by atoms with Crippen LogP contribution in [0.25, 0.3) is 32.2 Å². The van der Waals surface area contributed by atoms with Crippen molar-refractivity contribution < 1.29 is 24.2 Å². The lowest BCUT2D eigenvalue weighted by Crippen LogP contribution is -2.28. The molecule has 3 heterocycles. The summed E-state index contributed by atoms with van der Waals surface area (Å²) >= 11 is 1.14. The van der Waals surface area contributed by atoms with E-state index in [0.29, 0.717) is 39.0 Å². The number of aliphatic carboxylic acids is 1. The van der Waals surface area contributed by atoms with Crippen molar-refractivity contribution in [2.75, 3.05) is 6.61 Å². The Morgan fingerprint density at radius 1 is 1.26 bits per heavy atom. The summed E-state index contributed by atoms with van der Waals surface area (Å²) < 4.78 is 12.6. The quantitative estimate of drug-likeness (QED) is 0.411. The van der Waals surface area contributed by atoms with Crippen LogP contribution in [-0.2, 0) is 16.0 Å². The minimum absolute atomic E-state index is 0.153. The minimum Gasteiger partial charge on any atom is -0.493 e. The molecule has 0 fully saturated rings. The number of aromatic nitrogens is 2.